The van der Waals surface area contributed by atoms with Crippen LogP contribution in [0.15, 0.2) is 29.2 Å². The van der Waals surface area contributed by atoms with Crippen molar-refractivity contribution in [3.8, 4) is 0 Å². The molecule has 0 fully saturated rings. The molecule has 0 saturated heterocycles. The third-order valence-electron chi connectivity index (χ3n) is 2.10. The van der Waals surface area contributed by atoms with Crippen molar-refractivity contribution >= 4 is 11.8 Å². The molecule has 0 aromatic heterocycles. The predicted molar refractivity (Wildman–Crippen MR) is 56.9 cm³/mol. The van der Waals surface area contributed by atoms with Gasteiger partial charge in [-0.05, 0) is 24.6 Å². The fraction of sp³-hybridized carbons (Fsp3) is 0.400. The molecule has 0 radical (unpaired) electrons. The largest absolute Gasteiger partial charge is 0.384 e. The molecule has 1 atom stereocenters. The van der Waals surface area contributed by atoms with Gasteiger partial charge in [0.15, 0.2) is 0 Å². The number of hydrogen-bond acceptors (Lipinski definition) is 3. The minimum Gasteiger partial charge on any atom is -0.384 e. The van der Waals surface area contributed by atoms with Gasteiger partial charge in [0.05, 0.1) is 5.60 Å². The smallest absolute Gasteiger partial charge is 0.288 e. The summed E-state index contributed by atoms with van der Waals surface area (Å²) in [6, 6.07) is 6.32. The quantitative estimate of drug-likeness (QED) is 0.783. The summed E-state index contributed by atoms with van der Waals surface area (Å²) in [6.45, 7) is 1.68. The van der Waals surface area contributed by atoms with Gasteiger partial charge in [-0.25, -0.2) is 0 Å². The third kappa shape index (κ3) is 3.44. The number of alkyl halides is 2. The van der Waals surface area contributed by atoms with E-state index in [1.807, 2.05) is 0 Å². The van der Waals surface area contributed by atoms with Gasteiger partial charge in [0.2, 0.25) is 0 Å². The highest BCUT2D eigenvalue weighted by atomic mass is 32.2. The minimum absolute atomic E-state index is 0.0916. The van der Waals surface area contributed by atoms with Crippen LogP contribution in [-0.4, -0.2) is 17.4 Å². The van der Waals surface area contributed by atoms with Crippen molar-refractivity contribution < 1.29 is 13.9 Å². The van der Waals surface area contributed by atoms with Crippen molar-refractivity contribution in [2.45, 2.75) is 23.2 Å². The second kappa shape index (κ2) is 4.92. The van der Waals surface area contributed by atoms with E-state index < -0.39 is 11.4 Å². The SMILES string of the molecule is CC(O)(CN)c1ccc(SC(F)F)cc1. The lowest BCUT2D eigenvalue weighted by Gasteiger charge is -2.21. The van der Waals surface area contributed by atoms with Gasteiger partial charge in [-0.2, -0.15) is 8.78 Å². The Hall–Kier alpha value is -0.650. The summed E-state index contributed by atoms with van der Waals surface area (Å²) in [5, 5.41) is 9.79. The Kier molecular flexibility index (Phi) is 4.07. The van der Waals surface area contributed by atoms with Crippen LogP contribution in [-0.2, 0) is 5.60 Å². The first-order chi connectivity index (χ1) is 6.95. The molecular weight excluding hydrogens is 220 g/mol. The highest BCUT2D eigenvalue weighted by Crippen LogP contribution is 2.27. The molecular formula is C10H13F2NOS. The highest BCUT2D eigenvalue weighted by molar-refractivity contribution is 7.99. The van der Waals surface area contributed by atoms with Crippen LogP contribution in [0, 0.1) is 0 Å². The molecule has 84 valence electrons. The molecule has 2 nitrogen and oxygen atoms in total. The molecule has 1 aromatic carbocycles. The monoisotopic (exact) mass is 233 g/mol. The van der Waals surface area contributed by atoms with E-state index in [1.165, 1.54) is 0 Å². The Morgan fingerprint density at radius 1 is 1.40 bits per heavy atom. The number of nitrogens with two attached hydrogens (primary N) is 1. The van der Waals surface area contributed by atoms with Crippen LogP contribution in [0.3, 0.4) is 0 Å². The molecule has 0 bridgehead atoms. The van der Waals surface area contributed by atoms with Gasteiger partial charge in [-0.15, -0.1) is 0 Å². The summed E-state index contributed by atoms with van der Waals surface area (Å²) in [5.74, 6) is -2.43. The van der Waals surface area contributed by atoms with Crippen LogP contribution >= 0.6 is 11.8 Å². The van der Waals surface area contributed by atoms with Gasteiger partial charge in [0, 0.05) is 11.4 Å². The van der Waals surface area contributed by atoms with E-state index >= 15 is 0 Å². The zero-order valence-electron chi connectivity index (χ0n) is 8.28. The summed E-state index contributed by atoms with van der Waals surface area (Å²) in [7, 11) is 0. The maximum Gasteiger partial charge on any atom is 0.288 e. The molecule has 5 heteroatoms. The Morgan fingerprint density at radius 2 is 1.93 bits per heavy atom. The number of halogens is 2. The van der Waals surface area contributed by atoms with Crippen LogP contribution in [0.2, 0.25) is 0 Å². The van der Waals surface area contributed by atoms with Crippen molar-refractivity contribution in [3.05, 3.63) is 29.8 Å². The van der Waals surface area contributed by atoms with E-state index in [1.54, 1.807) is 31.2 Å². The molecule has 1 unspecified atom stereocenters. The zero-order chi connectivity index (χ0) is 11.5. The molecule has 3 N–H and O–H groups in total. The van der Waals surface area contributed by atoms with E-state index in [0.29, 0.717) is 22.2 Å². The molecule has 0 amide bonds. The van der Waals surface area contributed by atoms with Gasteiger partial charge in [0.25, 0.3) is 5.76 Å². The van der Waals surface area contributed by atoms with E-state index in [9.17, 15) is 13.9 Å². The van der Waals surface area contributed by atoms with E-state index in [-0.39, 0.29) is 6.54 Å². The van der Waals surface area contributed by atoms with Gasteiger partial charge in [-0.1, -0.05) is 23.9 Å². The highest BCUT2D eigenvalue weighted by Gasteiger charge is 2.20. The fourth-order valence-corrected chi connectivity index (χ4v) is 1.61. The lowest BCUT2D eigenvalue weighted by atomic mass is 9.97. The molecule has 0 aliphatic rings. The summed E-state index contributed by atoms with van der Waals surface area (Å²) in [5.41, 5.74) is 4.91. The molecule has 0 aliphatic heterocycles. The number of rotatable bonds is 4. The second-order valence-electron chi connectivity index (χ2n) is 3.38. The van der Waals surface area contributed by atoms with Crippen molar-refractivity contribution in [3.63, 3.8) is 0 Å². The minimum atomic E-state index is -2.43. The van der Waals surface area contributed by atoms with Gasteiger partial charge >= 0.3 is 0 Å². The molecule has 0 heterocycles. The van der Waals surface area contributed by atoms with Crippen LogP contribution in [0.4, 0.5) is 8.78 Å². The Bertz CT molecular complexity index is 314. The average molecular weight is 233 g/mol. The average Bonchev–Trinajstić information content (AvgIpc) is 2.18. The second-order valence-corrected chi connectivity index (χ2v) is 4.44. The first-order valence-electron chi connectivity index (χ1n) is 4.43. The lowest BCUT2D eigenvalue weighted by Crippen LogP contribution is -2.31. The normalized spacial score (nSPS) is 15.3. The van der Waals surface area contributed by atoms with Crippen LogP contribution in [0.5, 0.6) is 0 Å². The van der Waals surface area contributed by atoms with Gasteiger partial charge < -0.3 is 10.8 Å². The molecule has 15 heavy (non-hydrogen) atoms. The van der Waals surface area contributed by atoms with Crippen LogP contribution < -0.4 is 5.73 Å². The van der Waals surface area contributed by atoms with E-state index in [2.05, 4.69) is 0 Å². The number of benzene rings is 1. The number of aliphatic hydroxyl groups is 1. The predicted octanol–water partition coefficient (Wildman–Crippen LogP) is 2.17. The maximum atomic E-state index is 12.0. The standard InChI is InChI=1S/C10H13F2NOS/c1-10(14,6-13)7-2-4-8(5-3-7)15-9(11)12/h2-5,9,14H,6,13H2,1H3. The maximum absolute atomic E-state index is 12.0. The van der Waals surface area contributed by atoms with Gasteiger partial charge in [-0.3, -0.25) is 0 Å². The molecule has 1 aromatic rings. The Morgan fingerprint density at radius 3 is 2.33 bits per heavy atom. The Labute approximate surface area is 91.5 Å². The number of thioether (sulfide) groups is 1. The van der Waals surface area contributed by atoms with Gasteiger partial charge in [0.1, 0.15) is 0 Å². The summed E-state index contributed by atoms with van der Waals surface area (Å²) in [6.07, 6.45) is 0. The zero-order valence-corrected chi connectivity index (χ0v) is 9.10. The van der Waals surface area contributed by atoms with E-state index in [4.69, 9.17) is 5.73 Å². The topological polar surface area (TPSA) is 46.2 Å². The molecule has 0 aliphatic carbocycles. The summed E-state index contributed by atoms with van der Waals surface area (Å²) >= 11 is 0.479. The van der Waals surface area contributed by atoms with E-state index in [0.717, 1.165) is 0 Å². The molecule has 1 rings (SSSR count). The lowest BCUT2D eigenvalue weighted by molar-refractivity contribution is 0.0668. The third-order valence-corrected chi connectivity index (χ3v) is 2.82. The first kappa shape index (κ1) is 12.4. The summed E-state index contributed by atoms with van der Waals surface area (Å²) < 4.78 is 24.0. The van der Waals surface area contributed by atoms with Crippen LogP contribution in [0.1, 0.15) is 12.5 Å². The molecule has 0 spiro atoms. The van der Waals surface area contributed by atoms with Crippen LogP contribution in [0.25, 0.3) is 0 Å². The molecule has 0 saturated carbocycles. The van der Waals surface area contributed by atoms with Crippen molar-refractivity contribution in [1.82, 2.24) is 0 Å². The van der Waals surface area contributed by atoms with Crippen molar-refractivity contribution in [2.75, 3.05) is 6.54 Å². The number of hydrogen-bond donors (Lipinski definition) is 2. The first-order valence-corrected chi connectivity index (χ1v) is 5.31. The van der Waals surface area contributed by atoms with Crippen molar-refractivity contribution in [2.24, 2.45) is 5.73 Å². The Balaban J connectivity index is 2.81. The fourth-order valence-electron chi connectivity index (χ4n) is 1.11. The summed E-state index contributed by atoms with van der Waals surface area (Å²) in [4.78, 5) is 0.474. The van der Waals surface area contributed by atoms with Crippen molar-refractivity contribution in [1.29, 1.82) is 0 Å².